The Morgan fingerprint density at radius 2 is 1.92 bits per heavy atom. The fraction of sp³-hybridized carbons (Fsp3) is 0.0667. The number of fused-ring (bicyclic) bond motifs is 1. The van der Waals surface area contributed by atoms with Gasteiger partial charge in [-0.25, -0.2) is 4.68 Å². The molecule has 0 saturated carbocycles. The number of non-ortho nitro benzene ring substituents is 1. The number of aromatic nitrogens is 6. The summed E-state index contributed by atoms with van der Waals surface area (Å²) in [4.78, 5) is 17.1. The highest BCUT2D eigenvalue weighted by molar-refractivity contribution is 9.10. The van der Waals surface area contributed by atoms with Gasteiger partial charge in [-0.2, -0.15) is 0 Å². The molecule has 0 aliphatic heterocycles. The molecule has 0 bridgehead atoms. The molecule has 0 unspecified atom stereocenters. The highest BCUT2D eigenvalue weighted by Crippen LogP contribution is 2.18. The van der Waals surface area contributed by atoms with Crippen LogP contribution in [0.1, 0.15) is 5.69 Å². The first-order valence-corrected chi connectivity index (χ1v) is 8.20. The lowest BCUT2D eigenvalue weighted by molar-refractivity contribution is -0.384. The van der Waals surface area contributed by atoms with Crippen molar-refractivity contribution in [3.05, 3.63) is 68.9 Å². The average molecular weight is 416 g/mol. The molecule has 10 nitrogen and oxygen atoms in total. The van der Waals surface area contributed by atoms with Crippen molar-refractivity contribution in [2.45, 2.75) is 6.61 Å². The molecular formula is C15H10BrN7O3. The van der Waals surface area contributed by atoms with Crippen LogP contribution in [0.25, 0.3) is 16.7 Å². The highest BCUT2D eigenvalue weighted by Gasteiger charge is 2.13. The Kier molecular flexibility index (Phi) is 4.05. The van der Waals surface area contributed by atoms with Crippen LogP contribution in [0.2, 0.25) is 0 Å². The van der Waals surface area contributed by atoms with Crippen molar-refractivity contribution in [2.75, 3.05) is 0 Å². The van der Waals surface area contributed by atoms with E-state index in [0.29, 0.717) is 16.7 Å². The first-order chi connectivity index (χ1) is 12.6. The van der Waals surface area contributed by atoms with Crippen LogP contribution in [0.4, 0.5) is 5.69 Å². The van der Waals surface area contributed by atoms with E-state index in [9.17, 15) is 10.1 Å². The van der Waals surface area contributed by atoms with Crippen LogP contribution in [0, 0.1) is 10.1 Å². The fourth-order valence-electron chi connectivity index (χ4n) is 2.31. The second-order valence-electron chi connectivity index (χ2n) is 5.30. The van der Waals surface area contributed by atoms with Crippen molar-refractivity contribution >= 4 is 32.7 Å². The van der Waals surface area contributed by atoms with Gasteiger partial charge in [0, 0.05) is 16.6 Å². The molecule has 130 valence electrons. The summed E-state index contributed by atoms with van der Waals surface area (Å²) in [6.07, 6.45) is 1.73. The first kappa shape index (κ1) is 16.1. The molecule has 2 aromatic carbocycles. The minimum Gasteiger partial charge on any atom is -0.388 e. The number of nitro groups is 1. The highest BCUT2D eigenvalue weighted by atomic mass is 79.9. The van der Waals surface area contributed by atoms with E-state index in [0.717, 1.165) is 15.0 Å². The Morgan fingerprint density at radius 3 is 2.69 bits per heavy atom. The maximum atomic E-state index is 10.9. The van der Waals surface area contributed by atoms with Crippen LogP contribution in [-0.4, -0.2) is 35.1 Å². The number of halogens is 1. The molecule has 0 amide bonds. The summed E-state index contributed by atoms with van der Waals surface area (Å²) in [5, 5.41) is 26.8. The largest absolute Gasteiger partial charge is 0.388 e. The van der Waals surface area contributed by atoms with Crippen LogP contribution < -0.4 is 4.84 Å². The number of hydrogen-bond acceptors (Lipinski definition) is 7. The standard InChI is InChI=1S/C15H10BrN7O3/c16-10-1-3-12(4-2-10)21-8-11(17-19-21)9-26-22-15-7-13(23(24)25)5-6-14(15)18-20-22/h1-8H,9H2. The number of benzene rings is 2. The summed E-state index contributed by atoms with van der Waals surface area (Å²) >= 11 is 3.38. The molecule has 0 radical (unpaired) electrons. The van der Waals surface area contributed by atoms with Gasteiger partial charge in [0.15, 0.2) is 6.61 Å². The van der Waals surface area contributed by atoms with Crippen molar-refractivity contribution in [1.29, 1.82) is 0 Å². The average Bonchev–Trinajstić information content (AvgIpc) is 3.27. The van der Waals surface area contributed by atoms with E-state index in [4.69, 9.17) is 4.84 Å². The summed E-state index contributed by atoms with van der Waals surface area (Å²) in [6, 6.07) is 11.8. The van der Waals surface area contributed by atoms with Gasteiger partial charge >= 0.3 is 0 Å². The van der Waals surface area contributed by atoms with Gasteiger partial charge in [0.2, 0.25) is 0 Å². The predicted octanol–water partition coefficient (Wildman–Crippen LogP) is 2.31. The lowest BCUT2D eigenvalue weighted by Crippen LogP contribution is -2.13. The molecule has 0 N–H and O–H groups in total. The van der Waals surface area contributed by atoms with Crippen LogP contribution >= 0.6 is 15.9 Å². The molecule has 0 aliphatic carbocycles. The Morgan fingerprint density at radius 1 is 1.12 bits per heavy atom. The van der Waals surface area contributed by atoms with E-state index in [1.165, 1.54) is 18.2 Å². The number of nitrogens with zero attached hydrogens (tertiary/aromatic N) is 7. The monoisotopic (exact) mass is 415 g/mol. The smallest absolute Gasteiger partial charge is 0.271 e. The molecule has 2 aromatic heterocycles. The van der Waals surface area contributed by atoms with Gasteiger partial charge in [-0.15, -0.1) is 10.2 Å². The molecule has 0 aliphatic rings. The molecule has 11 heteroatoms. The normalized spacial score (nSPS) is 11.0. The molecule has 0 atom stereocenters. The van der Waals surface area contributed by atoms with Gasteiger partial charge in [0.05, 0.1) is 16.8 Å². The molecule has 0 spiro atoms. The summed E-state index contributed by atoms with van der Waals surface area (Å²) in [7, 11) is 0. The first-order valence-electron chi connectivity index (χ1n) is 7.40. The molecule has 0 saturated heterocycles. The SMILES string of the molecule is O=[N+]([O-])c1ccc2nnn(OCc3cn(-c4ccc(Br)cc4)nn3)c2c1. The fourth-order valence-corrected chi connectivity index (χ4v) is 2.57. The zero-order valence-corrected chi connectivity index (χ0v) is 14.6. The summed E-state index contributed by atoms with van der Waals surface area (Å²) in [6.45, 7) is 0.0810. The number of rotatable bonds is 5. The van der Waals surface area contributed by atoms with E-state index in [1.54, 1.807) is 10.9 Å². The van der Waals surface area contributed by atoms with Gasteiger partial charge in [-0.1, -0.05) is 26.0 Å². The van der Waals surface area contributed by atoms with Crippen LogP contribution in [0.5, 0.6) is 0 Å². The van der Waals surface area contributed by atoms with Crippen molar-refractivity contribution < 1.29 is 9.76 Å². The maximum absolute atomic E-state index is 10.9. The third-order valence-corrected chi connectivity index (χ3v) is 4.10. The van der Waals surface area contributed by atoms with Crippen LogP contribution in [0.15, 0.2) is 53.1 Å². The molecule has 4 aromatic rings. The van der Waals surface area contributed by atoms with E-state index in [-0.39, 0.29) is 12.3 Å². The molecule has 4 rings (SSSR count). The third kappa shape index (κ3) is 3.11. The topological polar surface area (TPSA) is 114 Å². The number of nitro benzene ring substituents is 1. The van der Waals surface area contributed by atoms with Crippen LogP contribution in [-0.2, 0) is 6.61 Å². The Hall–Kier alpha value is -3.34. The number of hydrogen-bond donors (Lipinski definition) is 0. The van der Waals surface area contributed by atoms with E-state index < -0.39 is 4.92 Å². The summed E-state index contributed by atoms with van der Waals surface area (Å²) < 4.78 is 2.59. The Labute approximate surface area is 154 Å². The molecule has 0 fully saturated rings. The Balaban J connectivity index is 1.52. The summed E-state index contributed by atoms with van der Waals surface area (Å²) in [5.74, 6) is 0. The predicted molar refractivity (Wildman–Crippen MR) is 93.5 cm³/mol. The second-order valence-corrected chi connectivity index (χ2v) is 6.21. The van der Waals surface area contributed by atoms with Gasteiger partial charge in [-0.3, -0.25) is 10.1 Å². The van der Waals surface area contributed by atoms with E-state index in [1.807, 2.05) is 24.3 Å². The molecule has 2 heterocycles. The summed E-state index contributed by atoms with van der Waals surface area (Å²) in [5.41, 5.74) is 2.26. The van der Waals surface area contributed by atoms with Crippen molar-refractivity contribution in [3.8, 4) is 5.69 Å². The minimum atomic E-state index is -0.486. The Bertz CT molecular complexity index is 1090. The van der Waals surface area contributed by atoms with Gasteiger partial charge in [0.1, 0.15) is 16.7 Å². The van der Waals surface area contributed by atoms with Crippen LogP contribution in [0.3, 0.4) is 0 Å². The quantitative estimate of drug-likeness (QED) is 0.362. The molecule has 26 heavy (non-hydrogen) atoms. The van der Waals surface area contributed by atoms with E-state index >= 15 is 0 Å². The van der Waals surface area contributed by atoms with Crippen molar-refractivity contribution in [1.82, 2.24) is 30.2 Å². The minimum absolute atomic E-state index is 0.0640. The zero-order chi connectivity index (χ0) is 18.1. The lowest BCUT2D eigenvalue weighted by atomic mass is 10.3. The molecular weight excluding hydrogens is 406 g/mol. The maximum Gasteiger partial charge on any atom is 0.271 e. The van der Waals surface area contributed by atoms with E-state index in [2.05, 4.69) is 36.6 Å². The van der Waals surface area contributed by atoms with Gasteiger partial charge in [-0.05, 0) is 35.5 Å². The van der Waals surface area contributed by atoms with Crippen molar-refractivity contribution in [3.63, 3.8) is 0 Å². The van der Waals surface area contributed by atoms with Gasteiger partial charge in [0.25, 0.3) is 5.69 Å². The van der Waals surface area contributed by atoms with Crippen molar-refractivity contribution in [2.24, 2.45) is 0 Å². The van der Waals surface area contributed by atoms with Gasteiger partial charge < -0.3 is 4.84 Å². The third-order valence-electron chi connectivity index (χ3n) is 3.58. The second kappa shape index (κ2) is 6.52. The lowest BCUT2D eigenvalue weighted by Gasteiger charge is -2.02. The zero-order valence-electron chi connectivity index (χ0n) is 13.1.